The number of halogens is 1. The molecule has 1 aliphatic heterocycles. The number of aryl methyl sites for hydroxylation is 1. The number of carbonyl (C=O) groups is 1. The van der Waals surface area contributed by atoms with Gasteiger partial charge in [0.15, 0.2) is 0 Å². The minimum atomic E-state index is -3.61. The Hall–Kier alpha value is -2.19. The van der Waals surface area contributed by atoms with Crippen LogP contribution in [0.25, 0.3) is 0 Å². The van der Waals surface area contributed by atoms with Crippen LogP contribution in [-0.2, 0) is 23.6 Å². The van der Waals surface area contributed by atoms with Crippen molar-refractivity contribution in [3.05, 3.63) is 53.6 Å². The molecule has 0 spiro atoms. The summed E-state index contributed by atoms with van der Waals surface area (Å²) in [4.78, 5) is 12.6. The number of benzene rings is 1. The molecule has 0 bridgehead atoms. The molecule has 2 heterocycles. The minimum Gasteiger partial charge on any atom is -0.347 e. The van der Waals surface area contributed by atoms with Crippen LogP contribution in [0.15, 0.2) is 41.4 Å². The number of carbonyl (C=O) groups excluding carboxylic acids is 1. The highest BCUT2D eigenvalue weighted by Gasteiger charge is 2.30. The van der Waals surface area contributed by atoms with E-state index in [-0.39, 0.29) is 28.9 Å². The summed E-state index contributed by atoms with van der Waals surface area (Å²) in [6.45, 7) is 3.29. The zero-order valence-corrected chi connectivity index (χ0v) is 16.3. The predicted molar refractivity (Wildman–Crippen MR) is 100 cm³/mol. The van der Waals surface area contributed by atoms with E-state index >= 15 is 0 Å². The summed E-state index contributed by atoms with van der Waals surface area (Å²) in [5, 5.41) is 2.74. The van der Waals surface area contributed by atoms with Gasteiger partial charge in [0.25, 0.3) is 5.91 Å². The molecule has 1 aromatic carbocycles. The van der Waals surface area contributed by atoms with Crippen LogP contribution in [0, 0.1) is 11.7 Å². The number of piperidine rings is 1. The highest BCUT2D eigenvalue weighted by atomic mass is 32.2. The van der Waals surface area contributed by atoms with Crippen LogP contribution in [0.5, 0.6) is 0 Å². The van der Waals surface area contributed by atoms with Crippen molar-refractivity contribution in [1.29, 1.82) is 0 Å². The molecule has 0 aliphatic carbocycles. The van der Waals surface area contributed by atoms with Gasteiger partial charge >= 0.3 is 0 Å². The second-order valence-electron chi connectivity index (χ2n) is 7.09. The van der Waals surface area contributed by atoms with E-state index < -0.39 is 10.0 Å². The standard InChI is InChI=1S/C19H24FN3O3S/c1-14-4-3-9-23(12-14)27(25,26)17-10-18(22(2)13-17)19(24)21-11-15-5-7-16(20)8-6-15/h5-8,10,13-14H,3-4,9,11-12H2,1-2H3,(H,21,24)/t14-/m1/s1. The SMILES string of the molecule is C[C@@H]1CCCN(S(=O)(=O)c2cc(C(=O)NCc3ccc(F)cc3)n(C)c2)C1. The Kier molecular flexibility index (Phi) is 5.67. The average Bonchev–Trinajstić information content (AvgIpc) is 3.03. The summed E-state index contributed by atoms with van der Waals surface area (Å²) in [6, 6.07) is 7.25. The number of nitrogens with one attached hydrogen (secondary N) is 1. The molecule has 0 unspecified atom stereocenters. The number of rotatable bonds is 5. The molecule has 8 heteroatoms. The monoisotopic (exact) mass is 393 g/mol. The van der Waals surface area contributed by atoms with E-state index in [4.69, 9.17) is 0 Å². The summed E-state index contributed by atoms with van der Waals surface area (Å²) in [7, 11) is -1.97. The summed E-state index contributed by atoms with van der Waals surface area (Å²) in [6.07, 6.45) is 3.34. The summed E-state index contributed by atoms with van der Waals surface area (Å²) in [5.74, 6) is -0.389. The van der Waals surface area contributed by atoms with Crippen molar-refractivity contribution in [2.75, 3.05) is 13.1 Å². The van der Waals surface area contributed by atoms with E-state index in [0.29, 0.717) is 19.0 Å². The summed E-state index contributed by atoms with van der Waals surface area (Å²) < 4.78 is 41.7. The summed E-state index contributed by atoms with van der Waals surface area (Å²) >= 11 is 0. The Morgan fingerprint density at radius 3 is 2.67 bits per heavy atom. The molecule has 27 heavy (non-hydrogen) atoms. The number of sulfonamides is 1. The van der Waals surface area contributed by atoms with Gasteiger partial charge in [-0.25, -0.2) is 12.8 Å². The molecule has 1 aliphatic rings. The maximum Gasteiger partial charge on any atom is 0.268 e. The van der Waals surface area contributed by atoms with Crippen molar-refractivity contribution in [3.8, 4) is 0 Å². The van der Waals surface area contributed by atoms with E-state index in [2.05, 4.69) is 5.32 Å². The number of nitrogens with zero attached hydrogens (tertiary/aromatic N) is 2. The van der Waals surface area contributed by atoms with Crippen molar-refractivity contribution >= 4 is 15.9 Å². The van der Waals surface area contributed by atoms with Crippen molar-refractivity contribution < 1.29 is 17.6 Å². The van der Waals surface area contributed by atoms with Gasteiger partial charge in [-0.05, 0) is 42.5 Å². The number of hydrogen-bond acceptors (Lipinski definition) is 3. The van der Waals surface area contributed by atoms with E-state index in [0.717, 1.165) is 18.4 Å². The van der Waals surface area contributed by atoms with Gasteiger partial charge in [-0.2, -0.15) is 4.31 Å². The van der Waals surface area contributed by atoms with Crippen LogP contribution in [-0.4, -0.2) is 36.3 Å². The first-order valence-corrected chi connectivity index (χ1v) is 10.4. The molecule has 0 saturated carbocycles. The predicted octanol–water partition coefficient (Wildman–Crippen LogP) is 2.51. The molecule has 0 radical (unpaired) electrons. The molecule has 1 amide bonds. The topological polar surface area (TPSA) is 71.4 Å². The molecule has 1 fully saturated rings. The smallest absolute Gasteiger partial charge is 0.268 e. The van der Waals surface area contributed by atoms with Gasteiger partial charge in [-0.3, -0.25) is 4.79 Å². The zero-order chi connectivity index (χ0) is 19.6. The molecule has 1 N–H and O–H groups in total. The fraction of sp³-hybridized carbons (Fsp3) is 0.421. The first-order chi connectivity index (χ1) is 12.8. The Balaban J connectivity index is 1.73. The lowest BCUT2D eigenvalue weighted by Crippen LogP contribution is -2.38. The third-order valence-electron chi connectivity index (χ3n) is 4.84. The largest absolute Gasteiger partial charge is 0.347 e. The first kappa shape index (κ1) is 19.6. The average molecular weight is 393 g/mol. The van der Waals surface area contributed by atoms with Gasteiger partial charge in [0.1, 0.15) is 16.4 Å². The van der Waals surface area contributed by atoms with Crippen LogP contribution < -0.4 is 5.32 Å². The van der Waals surface area contributed by atoms with Crippen molar-refractivity contribution in [2.45, 2.75) is 31.2 Å². The lowest BCUT2D eigenvalue weighted by molar-refractivity contribution is 0.0942. The van der Waals surface area contributed by atoms with Crippen LogP contribution in [0.4, 0.5) is 4.39 Å². The first-order valence-electron chi connectivity index (χ1n) is 8.96. The Labute approximate surface area is 159 Å². The van der Waals surface area contributed by atoms with E-state index in [1.165, 1.54) is 33.3 Å². The second kappa shape index (κ2) is 7.82. The molecule has 6 nitrogen and oxygen atoms in total. The molecule has 2 aromatic rings. The van der Waals surface area contributed by atoms with Gasteiger partial charge < -0.3 is 9.88 Å². The third kappa shape index (κ3) is 4.39. The zero-order valence-electron chi connectivity index (χ0n) is 15.5. The van der Waals surface area contributed by atoms with Crippen LogP contribution in [0.1, 0.15) is 35.8 Å². The van der Waals surface area contributed by atoms with Crippen LogP contribution in [0.2, 0.25) is 0 Å². The number of amides is 1. The Bertz CT molecular complexity index is 922. The molecule has 1 saturated heterocycles. The third-order valence-corrected chi connectivity index (χ3v) is 6.67. The second-order valence-corrected chi connectivity index (χ2v) is 9.03. The Morgan fingerprint density at radius 2 is 2.00 bits per heavy atom. The number of hydrogen-bond donors (Lipinski definition) is 1. The molecular weight excluding hydrogens is 369 g/mol. The lowest BCUT2D eigenvalue weighted by atomic mass is 10.0. The van der Waals surface area contributed by atoms with Crippen molar-refractivity contribution in [2.24, 2.45) is 13.0 Å². The summed E-state index contributed by atoms with van der Waals surface area (Å²) in [5.41, 5.74) is 1.02. The highest BCUT2D eigenvalue weighted by Crippen LogP contribution is 2.24. The molecule has 3 rings (SSSR count). The van der Waals surface area contributed by atoms with E-state index in [9.17, 15) is 17.6 Å². The highest BCUT2D eigenvalue weighted by molar-refractivity contribution is 7.89. The van der Waals surface area contributed by atoms with Crippen LogP contribution >= 0.6 is 0 Å². The van der Waals surface area contributed by atoms with Gasteiger partial charge in [0.05, 0.1) is 0 Å². The van der Waals surface area contributed by atoms with Gasteiger partial charge in [-0.1, -0.05) is 19.1 Å². The fourth-order valence-electron chi connectivity index (χ4n) is 3.29. The normalized spacial score (nSPS) is 18.4. The minimum absolute atomic E-state index is 0.131. The molecular formula is C19H24FN3O3S. The van der Waals surface area contributed by atoms with E-state index in [1.54, 1.807) is 19.2 Å². The quantitative estimate of drug-likeness (QED) is 0.849. The fourth-order valence-corrected chi connectivity index (χ4v) is 4.96. The molecule has 1 atom stereocenters. The maximum absolute atomic E-state index is 12.9. The Morgan fingerprint density at radius 1 is 1.30 bits per heavy atom. The maximum atomic E-state index is 12.9. The van der Waals surface area contributed by atoms with Gasteiger partial charge in [0.2, 0.25) is 10.0 Å². The molecule has 146 valence electrons. The van der Waals surface area contributed by atoms with Gasteiger partial charge in [-0.15, -0.1) is 0 Å². The van der Waals surface area contributed by atoms with Crippen LogP contribution in [0.3, 0.4) is 0 Å². The lowest BCUT2D eigenvalue weighted by Gasteiger charge is -2.29. The molecule has 1 aromatic heterocycles. The van der Waals surface area contributed by atoms with Crippen molar-refractivity contribution in [3.63, 3.8) is 0 Å². The van der Waals surface area contributed by atoms with Crippen molar-refractivity contribution in [1.82, 2.24) is 14.2 Å². The van der Waals surface area contributed by atoms with Gasteiger partial charge in [0, 0.05) is 32.9 Å². The van der Waals surface area contributed by atoms with E-state index in [1.807, 2.05) is 6.92 Å². The number of aromatic nitrogens is 1.